The Kier molecular flexibility index (Phi) is 3.63. The molecular formula is C14H25NO. The summed E-state index contributed by atoms with van der Waals surface area (Å²) in [4.78, 5) is 11.7. The molecule has 16 heavy (non-hydrogen) atoms. The van der Waals surface area contributed by atoms with E-state index in [4.69, 9.17) is 0 Å². The lowest BCUT2D eigenvalue weighted by Crippen LogP contribution is -2.57. The van der Waals surface area contributed by atoms with E-state index >= 15 is 0 Å². The van der Waals surface area contributed by atoms with Crippen LogP contribution in [-0.2, 0) is 4.79 Å². The molecule has 0 aromatic rings. The lowest BCUT2D eigenvalue weighted by molar-refractivity contribution is -0.116. The van der Waals surface area contributed by atoms with Gasteiger partial charge >= 0.3 is 0 Å². The van der Waals surface area contributed by atoms with E-state index in [1.807, 2.05) is 0 Å². The molecule has 0 radical (unpaired) electrons. The quantitative estimate of drug-likeness (QED) is 0.745. The van der Waals surface area contributed by atoms with Gasteiger partial charge in [0.25, 0.3) is 0 Å². The van der Waals surface area contributed by atoms with Gasteiger partial charge in [0.05, 0.1) is 0 Å². The van der Waals surface area contributed by atoms with Crippen LogP contribution in [0.25, 0.3) is 0 Å². The highest BCUT2D eigenvalue weighted by Gasteiger charge is 2.38. The predicted octanol–water partition coefficient (Wildman–Crippen LogP) is 3.08. The van der Waals surface area contributed by atoms with Crippen LogP contribution in [0.3, 0.4) is 0 Å². The van der Waals surface area contributed by atoms with Crippen LogP contribution >= 0.6 is 0 Å². The smallest absolute Gasteiger partial charge is 0.158 e. The molecule has 0 saturated carbocycles. The Morgan fingerprint density at radius 1 is 1.25 bits per heavy atom. The highest BCUT2D eigenvalue weighted by atomic mass is 16.1. The molecule has 0 aromatic heterocycles. The summed E-state index contributed by atoms with van der Waals surface area (Å²) in [5.74, 6) is 0.703. The topological polar surface area (TPSA) is 29.1 Å². The van der Waals surface area contributed by atoms with Crippen LogP contribution in [0.4, 0.5) is 0 Å². The predicted molar refractivity (Wildman–Crippen MR) is 68.5 cm³/mol. The van der Waals surface area contributed by atoms with Crippen molar-refractivity contribution in [3.05, 3.63) is 12.2 Å². The molecule has 2 heteroatoms. The summed E-state index contributed by atoms with van der Waals surface area (Å²) in [5.41, 5.74) is 0.943. The van der Waals surface area contributed by atoms with Gasteiger partial charge in [-0.2, -0.15) is 0 Å². The van der Waals surface area contributed by atoms with Crippen molar-refractivity contribution in [1.82, 2.24) is 5.32 Å². The minimum absolute atomic E-state index is 0.127. The summed E-state index contributed by atoms with van der Waals surface area (Å²) in [6, 6.07) is 0. The minimum atomic E-state index is 0.127. The van der Waals surface area contributed by atoms with Gasteiger partial charge in [-0.25, -0.2) is 0 Å². The maximum Gasteiger partial charge on any atom is 0.158 e. The van der Waals surface area contributed by atoms with Gasteiger partial charge in [0.2, 0.25) is 0 Å². The Balaban J connectivity index is 2.68. The molecular weight excluding hydrogens is 198 g/mol. The number of allylic oxidation sites excluding steroid dienone is 1. The maximum atomic E-state index is 11.7. The Bertz CT molecular complexity index is 286. The average Bonchev–Trinajstić information content (AvgIpc) is 1.96. The second kappa shape index (κ2) is 4.33. The van der Waals surface area contributed by atoms with Crippen LogP contribution in [0.2, 0.25) is 0 Å². The summed E-state index contributed by atoms with van der Waals surface area (Å²) in [6.45, 7) is 14.4. The van der Waals surface area contributed by atoms with Gasteiger partial charge in [-0.15, -0.1) is 0 Å². The Morgan fingerprint density at radius 2 is 1.69 bits per heavy atom. The first-order valence-corrected chi connectivity index (χ1v) is 6.09. The number of nitrogens with one attached hydrogen (secondary N) is 1. The molecule has 1 rings (SSSR count). The van der Waals surface area contributed by atoms with E-state index in [1.54, 1.807) is 6.92 Å². The zero-order valence-electron chi connectivity index (χ0n) is 11.3. The minimum Gasteiger partial charge on any atom is -0.307 e. The van der Waals surface area contributed by atoms with Crippen LogP contribution in [0.1, 0.15) is 53.9 Å². The number of rotatable bonds is 3. The molecule has 0 spiro atoms. The number of piperidine rings is 1. The van der Waals surface area contributed by atoms with Crippen molar-refractivity contribution in [2.45, 2.75) is 65.0 Å². The molecule has 92 valence electrons. The molecule has 1 aliphatic heterocycles. The Morgan fingerprint density at radius 3 is 2.06 bits per heavy atom. The van der Waals surface area contributed by atoms with Gasteiger partial charge in [-0.05, 0) is 59.0 Å². The van der Waals surface area contributed by atoms with Gasteiger partial charge in [0.15, 0.2) is 5.78 Å². The van der Waals surface area contributed by atoms with Crippen molar-refractivity contribution in [1.29, 1.82) is 0 Å². The molecule has 0 aliphatic carbocycles. The first kappa shape index (κ1) is 13.4. The molecule has 0 aromatic carbocycles. The van der Waals surface area contributed by atoms with E-state index in [-0.39, 0.29) is 16.9 Å². The van der Waals surface area contributed by atoms with Gasteiger partial charge < -0.3 is 5.32 Å². The molecule has 1 aliphatic rings. The molecule has 1 saturated heterocycles. The monoisotopic (exact) mass is 223 g/mol. The third-order valence-electron chi connectivity index (χ3n) is 3.22. The fraction of sp³-hybridized carbons (Fsp3) is 0.786. The first-order valence-electron chi connectivity index (χ1n) is 6.09. The Labute approximate surface area is 99.5 Å². The molecule has 1 N–H and O–H groups in total. The molecule has 1 heterocycles. The fourth-order valence-corrected chi connectivity index (χ4v) is 3.11. The molecule has 0 unspecified atom stereocenters. The zero-order chi connectivity index (χ0) is 12.6. The number of hydrogen-bond donors (Lipinski definition) is 1. The van der Waals surface area contributed by atoms with Crippen molar-refractivity contribution in [2.75, 3.05) is 0 Å². The van der Waals surface area contributed by atoms with Crippen molar-refractivity contribution >= 4 is 5.78 Å². The molecule has 0 bridgehead atoms. The van der Waals surface area contributed by atoms with Crippen molar-refractivity contribution in [2.24, 2.45) is 5.92 Å². The van der Waals surface area contributed by atoms with Gasteiger partial charge in [-0.1, -0.05) is 6.58 Å². The van der Waals surface area contributed by atoms with E-state index in [2.05, 4.69) is 39.6 Å². The number of carbonyl (C=O) groups excluding carboxylic acids is 1. The molecule has 2 nitrogen and oxygen atoms in total. The summed E-state index contributed by atoms with van der Waals surface area (Å²) < 4.78 is 0. The van der Waals surface area contributed by atoms with Crippen LogP contribution in [0.5, 0.6) is 0 Å². The van der Waals surface area contributed by atoms with E-state index < -0.39 is 0 Å². The number of Topliss-reactive ketones (excluding diaryl/α,β-unsaturated/α-hetero) is 1. The lowest BCUT2D eigenvalue weighted by atomic mass is 9.74. The fourth-order valence-electron chi connectivity index (χ4n) is 3.11. The van der Waals surface area contributed by atoms with Crippen LogP contribution in [-0.4, -0.2) is 16.9 Å². The van der Waals surface area contributed by atoms with Crippen molar-refractivity contribution in [3.8, 4) is 0 Å². The molecule has 0 atom stereocenters. The summed E-state index contributed by atoms with van der Waals surface area (Å²) in [5, 5.41) is 3.63. The second-order valence-electron chi connectivity index (χ2n) is 6.57. The number of carbonyl (C=O) groups is 1. The van der Waals surface area contributed by atoms with Gasteiger partial charge in [0.1, 0.15) is 0 Å². The molecule has 1 fully saturated rings. The van der Waals surface area contributed by atoms with Crippen molar-refractivity contribution in [3.63, 3.8) is 0 Å². The summed E-state index contributed by atoms with van der Waals surface area (Å²) >= 11 is 0. The van der Waals surface area contributed by atoms with Gasteiger partial charge in [-0.3, -0.25) is 4.79 Å². The van der Waals surface area contributed by atoms with Crippen LogP contribution in [0, 0.1) is 5.92 Å². The van der Waals surface area contributed by atoms with Crippen LogP contribution < -0.4 is 5.32 Å². The van der Waals surface area contributed by atoms with E-state index in [0.717, 1.165) is 12.8 Å². The summed E-state index contributed by atoms with van der Waals surface area (Å²) in [6.07, 6.45) is 2.79. The highest BCUT2D eigenvalue weighted by Crippen LogP contribution is 2.34. The first-order chi connectivity index (χ1) is 7.11. The largest absolute Gasteiger partial charge is 0.307 e. The summed E-state index contributed by atoms with van der Waals surface area (Å²) in [7, 11) is 0. The number of hydrogen-bond acceptors (Lipinski definition) is 2. The zero-order valence-corrected chi connectivity index (χ0v) is 11.3. The van der Waals surface area contributed by atoms with Crippen molar-refractivity contribution < 1.29 is 4.79 Å². The SMILES string of the molecule is C=C(C)C(=O)CC1CC(C)(C)NC(C)(C)C1. The standard InChI is InChI=1S/C14H25NO/c1-10(2)12(16)7-11-8-13(3,4)15-14(5,6)9-11/h11,15H,1,7-9H2,2-6H3. The van der Waals surface area contributed by atoms with Crippen LogP contribution in [0.15, 0.2) is 12.2 Å². The third kappa shape index (κ3) is 3.75. The Hall–Kier alpha value is -0.630. The average molecular weight is 223 g/mol. The number of ketones is 1. The maximum absolute atomic E-state index is 11.7. The van der Waals surface area contributed by atoms with E-state index in [9.17, 15) is 4.79 Å². The van der Waals surface area contributed by atoms with E-state index in [1.165, 1.54) is 0 Å². The van der Waals surface area contributed by atoms with Gasteiger partial charge in [0, 0.05) is 17.5 Å². The second-order valence-corrected chi connectivity index (χ2v) is 6.57. The normalized spacial score (nSPS) is 24.1. The van der Waals surface area contributed by atoms with E-state index in [0.29, 0.717) is 17.9 Å². The molecule has 0 amide bonds. The lowest BCUT2D eigenvalue weighted by Gasteiger charge is -2.46. The third-order valence-corrected chi connectivity index (χ3v) is 3.22. The highest BCUT2D eigenvalue weighted by molar-refractivity contribution is 5.94.